The Balaban J connectivity index is 1.82. The van der Waals surface area contributed by atoms with Crippen LogP contribution in [0.25, 0.3) is 16.9 Å². The molecule has 2 N–H and O–H groups in total. The normalized spacial score (nSPS) is 13.2. The largest absolute Gasteiger partial charge is 0.417 e. The Kier molecular flexibility index (Phi) is 5.56. The summed E-state index contributed by atoms with van der Waals surface area (Å²) in [4.78, 5) is 19.2. The summed E-state index contributed by atoms with van der Waals surface area (Å²) in [6.07, 6.45) is -6.98. The van der Waals surface area contributed by atoms with Gasteiger partial charge in [-0.25, -0.2) is 4.98 Å². The number of hydrogen-bond donors (Lipinski definition) is 2. The lowest BCUT2D eigenvalue weighted by molar-refractivity contribution is -0.498. The second kappa shape index (κ2) is 8.23. The Bertz CT molecular complexity index is 1300. The average molecular weight is 465 g/mol. The van der Waals surface area contributed by atoms with Crippen LogP contribution in [0, 0.1) is 0 Å². The van der Waals surface area contributed by atoms with Crippen LogP contribution in [0.3, 0.4) is 0 Å². The third kappa shape index (κ3) is 4.38. The van der Waals surface area contributed by atoms with E-state index in [1.807, 2.05) is 5.32 Å². The zero-order valence-electron chi connectivity index (χ0n) is 16.6. The molecule has 0 spiro atoms. The third-order valence-electron chi connectivity index (χ3n) is 4.90. The average Bonchev–Trinajstić information content (AvgIpc) is 3.16. The standard InChI is InChI=1S/C22H14F6N4O/c23-21(24,25)14-8-2-1-7-13(14)19-30-17(16-10-4-6-12-32(16)19)20(33)31-18(22(26,27)28)15-9-3-5-11-29-15/h1-12,18H,(H,31,33)/p+1. The first-order valence-electron chi connectivity index (χ1n) is 9.55. The van der Waals surface area contributed by atoms with Crippen molar-refractivity contribution >= 4 is 11.4 Å². The van der Waals surface area contributed by atoms with Crippen molar-refractivity contribution in [3.8, 4) is 11.4 Å². The van der Waals surface area contributed by atoms with Crippen LogP contribution in [0.15, 0.2) is 73.1 Å². The van der Waals surface area contributed by atoms with Gasteiger partial charge in [-0.3, -0.25) is 9.78 Å². The zero-order valence-corrected chi connectivity index (χ0v) is 16.6. The van der Waals surface area contributed by atoms with Crippen molar-refractivity contribution in [2.45, 2.75) is 18.4 Å². The Labute approximate surface area is 182 Å². The molecule has 4 aromatic rings. The number of carbonyl (C=O) groups is 1. The molecule has 1 aromatic carbocycles. The van der Waals surface area contributed by atoms with Gasteiger partial charge in [0, 0.05) is 6.20 Å². The summed E-state index contributed by atoms with van der Waals surface area (Å²) in [5.74, 6) is -1.26. The van der Waals surface area contributed by atoms with Crippen molar-refractivity contribution in [1.82, 2.24) is 15.3 Å². The van der Waals surface area contributed by atoms with Crippen LogP contribution in [0.4, 0.5) is 26.3 Å². The number of pyridine rings is 2. The molecule has 3 heterocycles. The first-order chi connectivity index (χ1) is 15.6. The summed E-state index contributed by atoms with van der Waals surface area (Å²) in [5.41, 5.74) is -1.87. The molecule has 1 unspecified atom stereocenters. The fourth-order valence-electron chi connectivity index (χ4n) is 3.46. The Morgan fingerprint density at radius 2 is 1.64 bits per heavy atom. The molecule has 0 saturated carbocycles. The lowest BCUT2D eigenvalue weighted by Crippen LogP contribution is -2.39. The Hall–Kier alpha value is -3.89. The van der Waals surface area contributed by atoms with Gasteiger partial charge in [0.1, 0.15) is 0 Å². The first-order valence-corrected chi connectivity index (χ1v) is 9.55. The maximum Gasteiger partial charge on any atom is 0.417 e. The van der Waals surface area contributed by atoms with Gasteiger partial charge in [0.25, 0.3) is 11.7 Å². The van der Waals surface area contributed by atoms with Gasteiger partial charge in [0.05, 0.1) is 23.0 Å². The van der Waals surface area contributed by atoms with E-state index >= 15 is 0 Å². The van der Waals surface area contributed by atoms with Crippen LogP contribution in [0.2, 0.25) is 0 Å². The maximum absolute atomic E-state index is 13.7. The van der Waals surface area contributed by atoms with Crippen LogP contribution >= 0.6 is 0 Å². The smallest absolute Gasteiger partial charge is 0.332 e. The molecule has 0 bridgehead atoms. The highest BCUT2D eigenvalue weighted by molar-refractivity contribution is 5.98. The number of rotatable bonds is 4. The van der Waals surface area contributed by atoms with Crippen molar-refractivity contribution in [2.24, 2.45) is 0 Å². The van der Waals surface area contributed by atoms with E-state index in [9.17, 15) is 31.1 Å². The highest BCUT2D eigenvalue weighted by Crippen LogP contribution is 2.36. The number of aromatic nitrogens is 3. The Morgan fingerprint density at radius 3 is 2.30 bits per heavy atom. The molecule has 33 heavy (non-hydrogen) atoms. The number of alkyl halides is 6. The summed E-state index contributed by atoms with van der Waals surface area (Å²) >= 11 is 0. The van der Waals surface area contributed by atoms with Crippen LogP contribution in [0.5, 0.6) is 0 Å². The number of aromatic amines is 1. The minimum Gasteiger partial charge on any atom is -0.332 e. The molecule has 170 valence electrons. The molecule has 0 aliphatic heterocycles. The van der Waals surface area contributed by atoms with Crippen molar-refractivity contribution in [3.63, 3.8) is 0 Å². The fraction of sp³-hybridized carbons (Fsp3) is 0.136. The van der Waals surface area contributed by atoms with E-state index in [1.54, 1.807) is 0 Å². The SMILES string of the molecule is O=C(NC(c1ccccn1)C(F)(F)F)c1[nH]c(-c2ccccc2C(F)(F)F)[n+]2ccccc12. The van der Waals surface area contributed by atoms with Gasteiger partial charge in [0.2, 0.25) is 5.69 Å². The molecule has 0 aliphatic carbocycles. The molecule has 1 atom stereocenters. The highest BCUT2D eigenvalue weighted by Gasteiger charge is 2.44. The fourth-order valence-corrected chi connectivity index (χ4v) is 3.46. The molecule has 5 nitrogen and oxygen atoms in total. The number of hydrogen-bond acceptors (Lipinski definition) is 2. The van der Waals surface area contributed by atoms with E-state index in [2.05, 4.69) is 9.97 Å². The Morgan fingerprint density at radius 1 is 0.939 bits per heavy atom. The summed E-state index contributed by atoms with van der Waals surface area (Å²) in [7, 11) is 0. The summed E-state index contributed by atoms with van der Waals surface area (Å²) in [5, 5.41) is 1.90. The highest BCUT2D eigenvalue weighted by atomic mass is 19.4. The number of benzene rings is 1. The summed E-state index contributed by atoms with van der Waals surface area (Å²) in [6.45, 7) is 0. The molecule has 0 saturated heterocycles. The van der Waals surface area contributed by atoms with Gasteiger partial charge >= 0.3 is 12.4 Å². The molecule has 3 aromatic heterocycles. The second-order valence-corrected chi connectivity index (χ2v) is 7.05. The van der Waals surface area contributed by atoms with Gasteiger partial charge in [-0.05, 0) is 36.4 Å². The predicted molar refractivity (Wildman–Crippen MR) is 105 cm³/mol. The summed E-state index contributed by atoms with van der Waals surface area (Å²) in [6, 6.07) is 10.6. The van der Waals surface area contributed by atoms with Crippen molar-refractivity contribution < 1.29 is 35.5 Å². The molecule has 1 amide bonds. The lowest BCUT2D eigenvalue weighted by Gasteiger charge is -2.20. The van der Waals surface area contributed by atoms with Crippen LogP contribution < -0.4 is 9.72 Å². The molecule has 0 radical (unpaired) electrons. The van der Waals surface area contributed by atoms with Gasteiger partial charge in [-0.2, -0.15) is 30.7 Å². The number of fused-ring (bicyclic) bond motifs is 1. The van der Waals surface area contributed by atoms with E-state index in [1.165, 1.54) is 59.1 Å². The lowest BCUT2D eigenvalue weighted by atomic mass is 10.1. The summed E-state index contributed by atoms with van der Waals surface area (Å²) < 4.78 is 82.9. The van der Waals surface area contributed by atoms with Gasteiger partial charge in [0.15, 0.2) is 11.6 Å². The van der Waals surface area contributed by atoms with E-state index in [-0.39, 0.29) is 22.6 Å². The van der Waals surface area contributed by atoms with E-state index in [4.69, 9.17) is 0 Å². The monoisotopic (exact) mass is 465 g/mol. The second-order valence-electron chi connectivity index (χ2n) is 7.05. The number of imidazole rings is 1. The molecule has 11 heteroatoms. The minimum absolute atomic E-state index is 0.101. The van der Waals surface area contributed by atoms with Crippen molar-refractivity contribution in [2.75, 3.05) is 0 Å². The minimum atomic E-state index is -4.86. The predicted octanol–water partition coefficient (Wildman–Crippen LogP) is 4.87. The zero-order chi connectivity index (χ0) is 23.8. The number of nitrogens with zero attached hydrogens (tertiary/aromatic N) is 2. The van der Waals surface area contributed by atoms with Crippen LogP contribution in [-0.2, 0) is 6.18 Å². The quantitative estimate of drug-likeness (QED) is 0.334. The molecular weight excluding hydrogens is 450 g/mol. The topological polar surface area (TPSA) is 61.9 Å². The first kappa shape index (κ1) is 22.3. The number of nitrogens with one attached hydrogen (secondary N) is 2. The molecular formula is C22H15F6N4O+. The number of halogens is 6. The van der Waals surface area contributed by atoms with Crippen molar-refractivity contribution in [3.05, 3.63) is 90.0 Å². The van der Waals surface area contributed by atoms with E-state index in [0.717, 1.165) is 18.3 Å². The number of carbonyl (C=O) groups excluding carboxylic acids is 1. The van der Waals surface area contributed by atoms with Crippen LogP contribution in [0.1, 0.15) is 27.8 Å². The number of amides is 1. The third-order valence-corrected chi connectivity index (χ3v) is 4.90. The van der Waals surface area contributed by atoms with Crippen molar-refractivity contribution in [1.29, 1.82) is 0 Å². The molecule has 0 aliphatic rings. The van der Waals surface area contributed by atoms with Crippen LogP contribution in [-0.4, -0.2) is 22.1 Å². The number of H-pyrrole nitrogens is 1. The van der Waals surface area contributed by atoms with E-state index < -0.39 is 35.6 Å². The van der Waals surface area contributed by atoms with E-state index in [0.29, 0.717) is 0 Å². The molecule has 0 fully saturated rings. The van der Waals surface area contributed by atoms with Gasteiger partial charge in [-0.1, -0.05) is 24.3 Å². The van der Waals surface area contributed by atoms with Gasteiger partial charge < -0.3 is 5.32 Å². The van der Waals surface area contributed by atoms with Gasteiger partial charge in [-0.15, -0.1) is 0 Å². The molecule has 4 rings (SSSR count). The maximum atomic E-state index is 13.7.